The van der Waals surface area contributed by atoms with Crippen LogP contribution in [0.25, 0.3) is 0 Å². The number of aliphatic carboxylic acids is 1. The molecule has 1 rings (SSSR count). The molecule has 0 saturated heterocycles. The van der Waals surface area contributed by atoms with E-state index in [0.717, 1.165) is 11.5 Å². The van der Waals surface area contributed by atoms with Gasteiger partial charge >= 0.3 is 5.97 Å². The van der Waals surface area contributed by atoms with E-state index >= 15 is 0 Å². The quantitative estimate of drug-likeness (QED) is 0.800. The summed E-state index contributed by atoms with van der Waals surface area (Å²) in [5.41, 5.74) is 0.837. The SMILES string of the molecule is Cc1nc(N(C)C)oc1CCCC(=O)O. The van der Waals surface area contributed by atoms with E-state index in [1.807, 2.05) is 21.0 Å². The Hall–Kier alpha value is -1.52. The van der Waals surface area contributed by atoms with E-state index in [-0.39, 0.29) is 6.42 Å². The van der Waals surface area contributed by atoms with Gasteiger partial charge in [-0.1, -0.05) is 0 Å². The molecule has 1 aromatic heterocycles. The Bertz CT molecular complexity index is 344. The summed E-state index contributed by atoms with van der Waals surface area (Å²) in [4.78, 5) is 16.3. The van der Waals surface area contributed by atoms with E-state index in [2.05, 4.69) is 4.98 Å². The van der Waals surface area contributed by atoms with Gasteiger partial charge in [-0.25, -0.2) is 0 Å². The maximum atomic E-state index is 10.3. The molecule has 0 radical (unpaired) electrons. The van der Waals surface area contributed by atoms with Crippen molar-refractivity contribution in [3.8, 4) is 0 Å². The molecule has 0 bridgehead atoms. The fourth-order valence-electron chi connectivity index (χ4n) is 1.24. The first-order valence-electron chi connectivity index (χ1n) is 4.86. The van der Waals surface area contributed by atoms with Crippen molar-refractivity contribution < 1.29 is 14.3 Å². The van der Waals surface area contributed by atoms with Gasteiger partial charge < -0.3 is 14.4 Å². The second-order valence-corrected chi connectivity index (χ2v) is 3.65. The third-order valence-corrected chi connectivity index (χ3v) is 2.06. The maximum absolute atomic E-state index is 10.3. The van der Waals surface area contributed by atoms with Gasteiger partial charge in [0.05, 0.1) is 5.69 Å². The van der Waals surface area contributed by atoms with Crippen molar-refractivity contribution in [2.24, 2.45) is 0 Å². The summed E-state index contributed by atoms with van der Waals surface area (Å²) in [6.07, 6.45) is 1.37. The molecule has 5 heteroatoms. The van der Waals surface area contributed by atoms with E-state index in [4.69, 9.17) is 9.52 Å². The van der Waals surface area contributed by atoms with Crippen molar-refractivity contribution in [3.63, 3.8) is 0 Å². The minimum absolute atomic E-state index is 0.164. The maximum Gasteiger partial charge on any atom is 0.303 e. The number of carboxylic acids is 1. The molecule has 0 aliphatic rings. The molecule has 0 aliphatic carbocycles. The van der Waals surface area contributed by atoms with Crippen molar-refractivity contribution in [2.45, 2.75) is 26.2 Å². The predicted molar refractivity (Wildman–Crippen MR) is 56.1 cm³/mol. The van der Waals surface area contributed by atoms with Gasteiger partial charge in [0, 0.05) is 26.9 Å². The molecular formula is C10H16N2O3. The summed E-state index contributed by atoms with van der Waals surface area (Å²) in [6, 6.07) is 0.567. The molecule has 0 unspecified atom stereocenters. The van der Waals surface area contributed by atoms with Crippen LogP contribution >= 0.6 is 0 Å². The number of nitrogens with zero attached hydrogens (tertiary/aromatic N) is 2. The summed E-state index contributed by atoms with van der Waals surface area (Å²) in [5.74, 6) is -0.0000450. The fourth-order valence-corrected chi connectivity index (χ4v) is 1.24. The van der Waals surface area contributed by atoms with Crippen LogP contribution in [0.3, 0.4) is 0 Å². The summed E-state index contributed by atoms with van der Waals surface area (Å²) < 4.78 is 5.48. The summed E-state index contributed by atoms with van der Waals surface area (Å²) in [5, 5.41) is 8.50. The first kappa shape index (κ1) is 11.6. The lowest BCUT2D eigenvalue weighted by atomic mass is 10.2. The van der Waals surface area contributed by atoms with Crippen molar-refractivity contribution in [3.05, 3.63) is 11.5 Å². The van der Waals surface area contributed by atoms with Gasteiger partial charge in [-0.2, -0.15) is 4.98 Å². The Morgan fingerprint density at radius 1 is 1.53 bits per heavy atom. The zero-order valence-corrected chi connectivity index (χ0v) is 9.28. The van der Waals surface area contributed by atoms with Crippen molar-refractivity contribution >= 4 is 12.0 Å². The second-order valence-electron chi connectivity index (χ2n) is 3.65. The van der Waals surface area contributed by atoms with E-state index in [9.17, 15) is 4.79 Å². The number of carboxylic acid groups (broad SMARTS) is 1. The van der Waals surface area contributed by atoms with Crippen LogP contribution in [0.5, 0.6) is 0 Å². The first-order chi connectivity index (χ1) is 7.00. The monoisotopic (exact) mass is 212 g/mol. The van der Waals surface area contributed by atoms with Gasteiger partial charge in [0.2, 0.25) is 0 Å². The highest BCUT2D eigenvalue weighted by Crippen LogP contribution is 2.18. The number of hydrogen-bond acceptors (Lipinski definition) is 4. The molecule has 15 heavy (non-hydrogen) atoms. The fraction of sp³-hybridized carbons (Fsp3) is 0.600. The molecule has 5 nitrogen and oxygen atoms in total. The van der Waals surface area contributed by atoms with E-state index < -0.39 is 5.97 Å². The minimum Gasteiger partial charge on any atom is -0.481 e. The highest BCUT2D eigenvalue weighted by atomic mass is 16.4. The molecule has 0 fully saturated rings. The molecule has 1 heterocycles. The number of anilines is 1. The average Bonchev–Trinajstić information content (AvgIpc) is 2.47. The molecule has 0 saturated carbocycles. The van der Waals surface area contributed by atoms with Crippen LogP contribution in [0.15, 0.2) is 4.42 Å². The zero-order valence-electron chi connectivity index (χ0n) is 9.28. The molecule has 1 aromatic rings. The lowest BCUT2D eigenvalue weighted by Gasteiger charge is -2.04. The van der Waals surface area contributed by atoms with Crippen LogP contribution in [-0.4, -0.2) is 30.2 Å². The summed E-state index contributed by atoms with van der Waals surface area (Å²) in [7, 11) is 3.71. The second kappa shape index (κ2) is 4.82. The third kappa shape index (κ3) is 3.27. The zero-order chi connectivity index (χ0) is 11.4. The number of oxazole rings is 1. The van der Waals surface area contributed by atoms with Crippen LogP contribution in [0, 0.1) is 6.92 Å². The van der Waals surface area contributed by atoms with Crippen LogP contribution < -0.4 is 4.90 Å². The van der Waals surface area contributed by atoms with Crippen molar-refractivity contribution in [2.75, 3.05) is 19.0 Å². The smallest absolute Gasteiger partial charge is 0.303 e. The number of aromatic nitrogens is 1. The van der Waals surface area contributed by atoms with Crippen LogP contribution in [0.2, 0.25) is 0 Å². The van der Waals surface area contributed by atoms with Gasteiger partial charge in [0.25, 0.3) is 6.01 Å². The highest BCUT2D eigenvalue weighted by Gasteiger charge is 2.11. The van der Waals surface area contributed by atoms with Gasteiger partial charge in [-0.15, -0.1) is 0 Å². The van der Waals surface area contributed by atoms with Crippen molar-refractivity contribution in [1.82, 2.24) is 4.98 Å². The van der Waals surface area contributed by atoms with Crippen molar-refractivity contribution in [1.29, 1.82) is 0 Å². The Kier molecular flexibility index (Phi) is 3.71. The van der Waals surface area contributed by atoms with Crippen LogP contribution in [0.4, 0.5) is 6.01 Å². The number of carbonyl (C=O) groups is 1. The Morgan fingerprint density at radius 2 is 2.20 bits per heavy atom. The molecule has 1 N–H and O–H groups in total. The van der Waals surface area contributed by atoms with E-state index in [0.29, 0.717) is 18.9 Å². The summed E-state index contributed by atoms with van der Waals surface area (Å²) in [6.45, 7) is 1.87. The van der Waals surface area contributed by atoms with E-state index in [1.54, 1.807) is 4.90 Å². The lowest BCUT2D eigenvalue weighted by Crippen LogP contribution is -2.08. The van der Waals surface area contributed by atoms with Gasteiger partial charge in [0.1, 0.15) is 5.76 Å². The number of aryl methyl sites for hydroxylation is 2. The molecule has 0 spiro atoms. The summed E-state index contributed by atoms with van der Waals surface area (Å²) >= 11 is 0. The predicted octanol–water partition coefficient (Wildman–Crippen LogP) is 1.46. The largest absolute Gasteiger partial charge is 0.481 e. The Labute approximate surface area is 88.7 Å². The number of rotatable bonds is 5. The van der Waals surface area contributed by atoms with Crippen LogP contribution in [-0.2, 0) is 11.2 Å². The lowest BCUT2D eigenvalue weighted by molar-refractivity contribution is -0.137. The average molecular weight is 212 g/mol. The van der Waals surface area contributed by atoms with E-state index in [1.165, 1.54) is 0 Å². The normalized spacial score (nSPS) is 10.3. The van der Waals surface area contributed by atoms with Crippen LogP contribution in [0.1, 0.15) is 24.3 Å². The van der Waals surface area contributed by atoms with Gasteiger partial charge in [-0.05, 0) is 13.3 Å². The van der Waals surface area contributed by atoms with Gasteiger partial charge in [-0.3, -0.25) is 4.79 Å². The molecule has 0 aliphatic heterocycles. The molecular weight excluding hydrogens is 196 g/mol. The Morgan fingerprint density at radius 3 is 2.67 bits per heavy atom. The number of hydrogen-bond donors (Lipinski definition) is 1. The Balaban J connectivity index is 2.57. The van der Waals surface area contributed by atoms with Gasteiger partial charge in [0.15, 0.2) is 0 Å². The standard InChI is InChI=1S/C10H16N2O3/c1-7-8(5-4-6-9(13)14)15-10(11-7)12(2)3/h4-6H2,1-3H3,(H,13,14). The topological polar surface area (TPSA) is 66.6 Å². The highest BCUT2D eigenvalue weighted by molar-refractivity contribution is 5.66. The molecule has 0 aromatic carbocycles. The molecule has 84 valence electrons. The molecule has 0 amide bonds. The first-order valence-corrected chi connectivity index (χ1v) is 4.86. The molecule has 0 atom stereocenters. The third-order valence-electron chi connectivity index (χ3n) is 2.06. The minimum atomic E-state index is -0.778.